The molecule has 0 unspecified atom stereocenters. The summed E-state index contributed by atoms with van der Waals surface area (Å²) in [6.07, 6.45) is 9.86. The molecule has 0 amide bonds. The Hall–Kier alpha value is -1.99. The van der Waals surface area contributed by atoms with Crippen LogP contribution >= 0.6 is 11.3 Å². The summed E-state index contributed by atoms with van der Waals surface area (Å²) in [5.74, 6) is 2.21. The molecule has 26 heavy (non-hydrogen) atoms. The average molecular weight is 367 g/mol. The maximum Gasteiger partial charge on any atom is 0.268 e. The van der Waals surface area contributed by atoms with Crippen molar-refractivity contribution in [3.63, 3.8) is 0 Å². The minimum atomic E-state index is 0.0225. The number of piperidine rings is 3. The molecule has 0 spiro atoms. The summed E-state index contributed by atoms with van der Waals surface area (Å²) in [4.78, 5) is 24.7. The van der Waals surface area contributed by atoms with Crippen LogP contribution in [-0.4, -0.2) is 38.2 Å². The second-order valence-electron chi connectivity index (χ2n) is 7.97. The first-order valence-corrected chi connectivity index (χ1v) is 10.4. The monoisotopic (exact) mass is 367 g/mol. The van der Waals surface area contributed by atoms with Crippen LogP contribution in [-0.2, 0) is 0 Å². The van der Waals surface area contributed by atoms with Crippen LogP contribution in [0.4, 0.5) is 0 Å². The van der Waals surface area contributed by atoms with Crippen LogP contribution in [0.25, 0.3) is 20.7 Å². The Kier molecular flexibility index (Phi) is 3.20. The van der Waals surface area contributed by atoms with Gasteiger partial charge in [0.25, 0.3) is 5.56 Å². The molecule has 1 atom stereocenters. The summed E-state index contributed by atoms with van der Waals surface area (Å²) >= 11 is 1.57. The highest BCUT2D eigenvalue weighted by Gasteiger charge is 2.37. The van der Waals surface area contributed by atoms with E-state index >= 15 is 0 Å². The van der Waals surface area contributed by atoms with Crippen molar-refractivity contribution in [1.82, 2.24) is 25.1 Å². The largest absolute Gasteiger partial charge is 0.308 e. The lowest BCUT2D eigenvalue weighted by atomic mass is 9.83. The van der Waals surface area contributed by atoms with Crippen LogP contribution in [0, 0.1) is 5.92 Å². The van der Waals surface area contributed by atoms with Gasteiger partial charge in [-0.2, -0.15) is 5.10 Å². The molecule has 4 aliphatic rings. The molecule has 6 heterocycles. The van der Waals surface area contributed by atoms with Crippen molar-refractivity contribution in [2.75, 3.05) is 13.1 Å². The second kappa shape index (κ2) is 5.50. The number of hydrogen-bond donors (Lipinski definition) is 2. The van der Waals surface area contributed by atoms with Gasteiger partial charge in [-0.25, -0.2) is 4.98 Å². The topological polar surface area (TPSA) is 77.7 Å². The molecule has 7 rings (SSSR count). The summed E-state index contributed by atoms with van der Waals surface area (Å²) in [7, 11) is 0. The van der Waals surface area contributed by atoms with Gasteiger partial charge in [-0.05, 0) is 57.0 Å². The van der Waals surface area contributed by atoms with Crippen molar-refractivity contribution >= 4 is 21.6 Å². The first-order chi connectivity index (χ1) is 12.8. The van der Waals surface area contributed by atoms with Crippen molar-refractivity contribution in [3.05, 3.63) is 34.1 Å². The van der Waals surface area contributed by atoms with Crippen molar-refractivity contribution in [2.45, 2.75) is 44.1 Å². The molecule has 1 aliphatic carbocycles. The zero-order valence-electron chi connectivity index (χ0n) is 14.5. The molecule has 4 fully saturated rings. The Morgan fingerprint density at radius 1 is 1.19 bits per heavy atom. The van der Waals surface area contributed by atoms with Gasteiger partial charge in [-0.3, -0.25) is 14.8 Å². The van der Waals surface area contributed by atoms with E-state index in [0.29, 0.717) is 5.92 Å². The highest BCUT2D eigenvalue weighted by Crippen LogP contribution is 2.50. The second-order valence-corrected chi connectivity index (χ2v) is 8.99. The fraction of sp³-hybridized carbons (Fsp3) is 0.526. The maximum absolute atomic E-state index is 12.9. The van der Waals surface area contributed by atoms with Gasteiger partial charge in [0.2, 0.25) is 0 Å². The van der Waals surface area contributed by atoms with Crippen molar-refractivity contribution < 1.29 is 0 Å². The minimum Gasteiger partial charge on any atom is -0.308 e. The Morgan fingerprint density at radius 2 is 2.04 bits per heavy atom. The molecule has 1 saturated carbocycles. The van der Waals surface area contributed by atoms with Gasteiger partial charge < -0.3 is 4.98 Å². The number of nitrogens with zero attached hydrogens (tertiary/aromatic N) is 3. The fourth-order valence-corrected chi connectivity index (χ4v) is 5.97. The number of aromatic nitrogens is 4. The summed E-state index contributed by atoms with van der Waals surface area (Å²) in [5, 5.41) is 7.00. The molecule has 3 aliphatic heterocycles. The smallest absolute Gasteiger partial charge is 0.268 e. The normalized spacial score (nSPS) is 28.1. The molecule has 6 nitrogen and oxygen atoms in total. The Labute approximate surface area is 154 Å². The van der Waals surface area contributed by atoms with E-state index in [1.165, 1.54) is 31.2 Å². The molecule has 0 radical (unpaired) electrons. The van der Waals surface area contributed by atoms with Gasteiger partial charge in [0.15, 0.2) is 0 Å². The molecule has 7 heteroatoms. The van der Waals surface area contributed by atoms with Gasteiger partial charge in [0, 0.05) is 22.2 Å². The fourth-order valence-electron chi connectivity index (χ4n) is 4.77. The Morgan fingerprint density at radius 3 is 2.69 bits per heavy atom. The number of nitrogens with one attached hydrogen (secondary N) is 2. The lowest BCUT2D eigenvalue weighted by Gasteiger charge is -2.44. The lowest BCUT2D eigenvalue weighted by Crippen LogP contribution is -2.44. The third-order valence-electron chi connectivity index (χ3n) is 6.31. The first-order valence-electron chi connectivity index (χ1n) is 9.57. The number of H-pyrrole nitrogens is 2. The van der Waals surface area contributed by atoms with E-state index in [4.69, 9.17) is 4.98 Å². The predicted molar refractivity (Wildman–Crippen MR) is 101 cm³/mol. The minimum absolute atomic E-state index is 0.0225. The highest BCUT2D eigenvalue weighted by atomic mass is 32.1. The predicted octanol–water partition coefficient (Wildman–Crippen LogP) is 3.41. The molecule has 3 saturated heterocycles. The van der Waals surface area contributed by atoms with Crippen molar-refractivity contribution in [3.8, 4) is 10.4 Å². The van der Waals surface area contributed by atoms with Crippen LogP contribution in [0.5, 0.6) is 0 Å². The number of hydrogen-bond acceptors (Lipinski definition) is 5. The van der Waals surface area contributed by atoms with Crippen LogP contribution in [0.2, 0.25) is 0 Å². The molecule has 3 aromatic heterocycles. The first kappa shape index (κ1) is 15.1. The van der Waals surface area contributed by atoms with E-state index in [2.05, 4.69) is 20.1 Å². The van der Waals surface area contributed by atoms with Gasteiger partial charge in [-0.15, -0.1) is 11.3 Å². The third-order valence-corrected chi connectivity index (χ3v) is 7.55. The molecular weight excluding hydrogens is 346 g/mol. The summed E-state index contributed by atoms with van der Waals surface area (Å²) in [6.45, 7) is 2.27. The van der Waals surface area contributed by atoms with Gasteiger partial charge in [0.1, 0.15) is 10.5 Å². The number of thiophene rings is 1. The molecule has 134 valence electrons. The zero-order valence-corrected chi connectivity index (χ0v) is 15.3. The van der Waals surface area contributed by atoms with E-state index in [1.807, 2.05) is 12.4 Å². The summed E-state index contributed by atoms with van der Waals surface area (Å²) in [5.41, 5.74) is 3.30. The zero-order chi connectivity index (χ0) is 17.3. The van der Waals surface area contributed by atoms with Crippen molar-refractivity contribution in [1.29, 1.82) is 0 Å². The van der Waals surface area contributed by atoms with Crippen LogP contribution in [0.3, 0.4) is 0 Å². The number of aromatic amines is 2. The van der Waals surface area contributed by atoms with E-state index < -0.39 is 0 Å². The maximum atomic E-state index is 12.9. The Bertz CT molecular complexity index is 1020. The van der Waals surface area contributed by atoms with Crippen LogP contribution in [0.1, 0.15) is 55.5 Å². The van der Waals surface area contributed by atoms with E-state index in [1.54, 1.807) is 11.3 Å². The SMILES string of the molecule is O=c1[nH]c([C@@H]2CC3CCN2CC3)nc2c(C3CC3)c(-c3cn[nH]c3)sc12. The van der Waals surface area contributed by atoms with E-state index in [0.717, 1.165) is 51.9 Å². The van der Waals surface area contributed by atoms with Crippen molar-refractivity contribution in [2.24, 2.45) is 5.92 Å². The van der Waals surface area contributed by atoms with Gasteiger partial charge in [0.05, 0.1) is 17.8 Å². The Balaban J connectivity index is 1.54. The van der Waals surface area contributed by atoms with E-state index in [9.17, 15) is 4.79 Å². The lowest BCUT2D eigenvalue weighted by molar-refractivity contribution is 0.0445. The summed E-state index contributed by atoms with van der Waals surface area (Å²) in [6, 6.07) is 0.281. The van der Waals surface area contributed by atoms with Gasteiger partial charge in [-0.1, -0.05) is 0 Å². The molecular formula is C19H21N5OS. The number of rotatable bonds is 3. The highest BCUT2D eigenvalue weighted by molar-refractivity contribution is 7.22. The molecule has 2 bridgehead atoms. The quantitative estimate of drug-likeness (QED) is 0.744. The number of fused-ring (bicyclic) bond motifs is 4. The molecule has 3 aromatic rings. The third kappa shape index (κ3) is 2.23. The standard InChI is InChI=1S/C19H21N5OS/c25-19-17-15(14(11-1-2-11)16(26-17)12-8-20-21-9-12)22-18(23-19)13-7-10-3-5-24(13)6-4-10/h8-11,13H,1-7H2,(H,20,21)(H,22,23,25)/t13-/m0/s1. The van der Waals surface area contributed by atoms with Crippen LogP contribution in [0.15, 0.2) is 17.2 Å². The van der Waals surface area contributed by atoms with Gasteiger partial charge >= 0.3 is 0 Å². The summed E-state index contributed by atoms with van der Waals surface area (Å²) < 4.78 is 0.766. The average Bonchev–Trinajstić information content (AvgIpc) is 3.21. The van der Waals surface area contributed by atoms with Crippen LogP contribution < -0.4 is 5.56 Å². The van der Waals surface area contributed by atoms with E-state index in [-0.39, 0.29) is 11.6 Å². The molecule has 0 aromatic carbocycles. The molecule has 2 N–H and O–H groups in total.